The van der Waals surface area contributed by atoms with Crippen LogP contribution in [-0.2, 0) is 4.79 Å². The normalized spacial score (nSPS) is 15.4. The number of para-hydroxylation sites is 1. The van der Waals surface area contributed by atoms with E-state index in [4.69, 9.17) is 0 Å². The molecule has 2 heterocycles. The lowest BCUT2D eigenvalue weighted by Gasteiger charge is -2.28. The quantitative estimate of drug-likeness (QED) is 0.597. The predicted molar refractivity (Wildman–Crippen MR) is 121 cm³/mol. The molecule has 3 aromatic rings. The number of aromatic nitrogens is 2. The van der Waals surface area contributed by atoms with Crippen LogP contribution in [0.3, 0.4) is 0 Å². The zero-order valence-corrected chi connectivity index (χ0v) is 18.2. The van der Waals surface area contributed by atoms with Crippen molar-refractivity contribution < 1.29 is 4.79 Å². The highest BCUT2D eigenvalue weighted by molar-refractivity contribution is 9.10. The summed E-state index contributed by atoms with van der Waals surface area (Å²) in [7, 11) is 2.10. The van der Waals surface area contributed by atoms with Gasteiger partial charge in [-0.1, -0.05) is 18.2 Å². The monoisotopic (exact) mass is 453 g/mol. The molecule has 0 unspecified atom stereocenters. The van der Waals surface area contributed by atoms with E-state index in [1.807, 2.05) is 43.3 Å². The van der Waals surface area contributed by atoms with Gasteiger partial charge in [0.2, 0.25) is 11.9 Å². The molecule has 1 aliphatic rings. The molecule has 1 saturated heterocycles. The Balaban J connectivity index is 1.51. The third-order valence-corrected chi connectivity index (χ3v) is 6.04. The van der Waals surface area contributed by atoms with Crippen LogP contribution in [0.2, 0.25) is 0 Å². The number of fused-ring (bicyclic) bond motifs is 1. The standard InChI is InChI=1S/C22H24BrN5O/c1-14-6-7-17(12-19(14)26-21(29)15-8-10-28(2)11-9-15)25-22-24-13-16-4-3-5-18(23)20(16)27-22/h3-7,12-13,15H,8-11H2,1-2H3,(H,26,29)(H,24,25,27). The fourth-order valence-corrected chi connectivity index (χ4v) is 4.02. The molecule has 2 N–H and O–H groups in total. The molecule has 6 nitrogen and oxygen atoms in total. The van der Waals surface area contributed by atoms with Crippen molar-refractivity contribution in [3.8, 4) is 0 Å². The Morgan fingerprint density at radius 1 is 1.21 bits per heavy atom. The number of hydrogen-bond donors (Lipinski definition) is 2. The zero-order valence-electron chi connectivity index (χ0n) is 16.6. The van der Waals surface area contributed by atoms with Crippen LogP contribution in [0.15, 0.2) is 47.1 Å². The molecule has 4 rings (SSSR count). The second-order valence-electron chi connectivity index (χ2n) is 7.59. The first-order chi connectivity index (χ1) is 14.0. The molecule has 0 radical (unpaired) electrons. The summed E-state index contributed by atoms with van der Waals surface area (Å²) >= 11 is 3.54. The van der Waals surface area contributed by atoms with Crippen molar-refractivity contribution in [3.63, 3.8) is 0 Å². The third-order valence-electron chi connectivity index (χ3n) is 5.40. The van der Waals surface area contributed by atoms with Crippen LogP contribution in [0.1, 0.15) is 18.4 Å². The smallest absolute Gasteiger partial charge is 0.227 e. The van der Waals surface area contributed by atoms with Crippen molar-refractivity contribution in [2.24, 2.45) is 5.92 Å². The molecule has 1 amide bonds. The lowest BCUT2D eigenvalue weighted by Crippen LogP contribution is -2.36. The minimum absolute atomic E-state index is 0.0726. The summed E-state index contributed by atoms with van der Waals surface area (Å²) in [6, 6.07) is 11.8. The molecule has 1 aromatic heterocycles. The number of rotatable bonds is 4. The van der Waals surface area contributed by atoms with Gasteiger partial charge in [0, 0.05) is 33.3 Å². The summed E-state index contributed by atoms with van der Waals surface area (Å²) in [6.45, 7) is 3.93. The van der Waals surface area contributed by atoms with Crippen LogP contribution >= 0.6 is 15.9 Å². The van der Waals surface area contributed by atoms with Crippen molar-refractivity contribution >= 4 is 50.1 Å². The topological polar surface area (TPSA) is 70.1 Å². The molecule has 0 aliphatic carbocycles. The van der Waals surface area contributed by atoms with Crippen molar-refractivity contribution in [2.75, 3.05) is 30.8 Å². The number of nitrogens with zero attached hydrogens (tertiary/aromatic N) is 3. The number of piperidine rings is 1. The number of halogens is 1. The van der Waals surface area contributed by atoms with E-state index >= 15 is 0 Å². The van der Waals surface area contributed by atoms with Gasteiger partial charge in [0.25, 0.3) is 0 Å². The van der Waals surface area contributed by atoms with E-state index in [2.05, 4.69) is 48.5 Å². The van der Waals surface area contributed by atoms with Gasteiger partial charge in [0.15, 0.2) is 0 Å². The Kier molecular flexibility index (Phi) is 5.78. The number of anilines is 3. The maximum absolute atomic E-state index is 12.7. The molecule has 1 fully saturated rings. The molecule has 0 atom stereocenters. The number of benzene rings is 2. The number of carbonyl (C=O) groups is 1. The fourth-order valence-electron chi connectivity index (χ4n) is 3.55. The van der Waals surface area contributed by atoms with E-state index in [1.54, 1.807) is 6.20 Å². The fraction of sp³-hybridized carbons (Fsp3) is 0.318. The van der Waals surface area contributed by atoms with Crippen LogP contribution < -0.4 is 10.6 Å². The average Bonchev–Trinajstić information content (AvgIpc) is 2.71. The average molecular weight is 454 g/mol. The van der Waals surface area contributed by atoms with Gasteiger partial charge in [-0.2, -0.15) is 0 Å². The Hall–Kier alpha value is -2.51. The van der Waals surface area contributed by atoms with Gasteiger partial charge < -0.3 is 15.5 Å². The minimum Gasteiger partial charge on any atom is -0.326 e. The highest BCUT2D eigenvalue weighted by atomic mass is 79.9. The van der Waals surface area contributed by atoms with Crippen molar-refractivity contribution in [1.82, 2.24) is 14.9 Å². The van der Waals surface area contributed by atoms with Crippen LogP contribution in [0.5, 0.6) is 0 Å². The van der Waals surface area contributed by atoms with Crippen molar-refractivity contribution in [3.05, 3.63) is 52.6 Å². The molecule has 1 aliphatic heterocycles. The second-order valence-corrected chi connectivity index (χ2v) is 8.45. The summed E-state index contributed by atoms with van der Waals surface area (Å²) in [5.41, 5.74) is 3.54. The molecule has 0 spiro atoms. The number of amides is 1. The largest absolute Gasteiger partial charge is 0.326 e. The molecule has 7 heteroatoms. The van der Waals surface area contributed by atoms with Gasteiger partial charge in [-0.05, 0) is 79.6 Å². The Bertz CT molecular complexity index is 1050. The lowest BCUT2D eigenvalue weighted by molar-refractivity contribution is -0.121. The molecular weight excluding hydrogens is 430 g/mol. The molecule has 150 valence electrons. The summed E-state index contributed by atoms with van der Waals surface area (Å²) in [5.74, 6) is 0.688. The van der Waals surface area contributed by atoms with E-state index in [1.165, 1.54) is 0 Å². The van der Waals surface area contributed by atoms with Crippen molar-refractivity contribution in [1.29, 1.82) is 0 Å². The Labute approximate surface area is 178 Å². The predicted octanol–water partition coefficient (Wildman–Crippen LogP) is 4.72. The van der Waals surface area contributed by atoms with Crippen LogP contribution in [0.25, 0.3) is 10.9 Å². The van der Waals surface area contributed by atoms with E-state index in [9.17, 15) is 4.79 Å². The second kappa shape index (κ2) is 8.47. The minimum atomic E-state index is 0.0726. The van der Waals surface area contributed by atoms with Gasteiger partial charge in [0.05, 0.1) is 5.52 Å². The molecule has 2 aromatic carbocycles. The molecule has 0 saturated carbocycles. The number of nitrogens with one attached hydrogen (secondary N) is 2. The third kappa shape index (κ3) is 4.57. The van der Waals surface area contributed by atoms with Gasteiger partial charge in [-0.3, -0.25) is 4.79 Å². The number of aryl methyl sites for hydroxylation is 1. The SMILES string of the molecule is Cc1ccc(Nc2ncc3cccc(Br)c3n2)cc1NC(=O)C1CCN(C)CC1. The molecule has 29 heavy (non-hydrogen) atoms. The Morgan fingerprint density at radius 2 is 2.00 bits per heavy atom. The molecular formula is C22H24BrN5O. The van der Waals surface area contributed by atoms with Crippen LogP contribution in [0.4, 0.5) is 17.3 Å². The lowest BCUT2D eigenvalue weighted by atomic mass is 9.96. The maximum Gasteiger partial charge on any atom is 0.227 e. The zero-order chi connectivity index (χ0) is 20.4. The van der Waals surface area contributed by atoms with Gasteiger partial charge in [0.1, 0.15) is 0 Å². The first kappa shape index (κ1) is 19.8. The van der Waals surface area contributed by atoms with E-state index in [0.29, 0.717) is 5.95 Å². The summed E-state index contributed by atoms with van der Waals surface area (Å²) in [5, 5.41) is 7.33. The first-order valence-corrected chi connectivity index (χ1v) is 10.6. The van der Waals surface area contributed by atoms with Crippen LogP contribution in [-0.4, -0.2) is 40.9 Å². The van der Waals surface area contributed by atoms with Crippen molar-refractivity contribution in [2.45, 2.75) is 19.8 Å². The summed E-state index contributed by atoms with van der Waals surface area (Å²) in [6.07, 6.45) is 3.60. The highest BCUT2D eigenvalue weighted by Crippen LogP contribution is 2.26. The number of likely N-dealkylation sites (tertiary alicyclic amines) is 1. The van der Waals surface area contributed by atoms with Gasteiger partial charge in [-0.25, -0.2) is 9.97 Å². The Morgan fingerprint density at radius 3 is 2.79 bits per heavy atom. The highest BCUT2D eigenvalue weighted by Gasteiger charge is 2.23. The van der Waals surface area contributed by atoms with Gasteiger partial charge in [-0.15, -0.1) is 0 Å². The summed E-state index contributed by atoms with van der Waals surface area (Å²) < 4.78 is 0.926. The van der Waals surface area contributed by atoms with E-state index in [0.717, 1.165) is 58.2 Å². The molecule has 0 bridgehead atoms. The first-order valence-electron chi connectivity index (χ1n) is 9.78. The van der Waals surface area contributed by atoms with Gasteiger partial charge >= 0.3 is 0 Å². The summed E-state index contributed by atoms with van der Waals surface area (Å²) in [4.78, 5) is 24.0. The maximum atomic E-state index is 12.7. The van der Waals surface area contributed by atoms with Crippen LogP contribution in [0, 0.1) is 12.8 Å². The van der Waals surface area contributed by atoms with E-state index < -0.39 is 0 Å². The van der Waals surface area contributed by atoms with E-state index in [-0.39, 0.29) is 11.8 Å². The number of carbonyl (C=O) groups excluding carboxylic acids is 1. The number of hydrogen-bond acceptors (Lipinski definition) is 5.